The Morgan fingerprint density at radius 3 is 2.62 bits per heavy atom. The first-order chi connectivity index (χ1) is 9.97. The van der Waals surface area contributed by atoms with Crippen LogP contribution in [0.5, 0.6) is 0 Å². The van der Waals surface area contributed by atoms with Gasteiger partial charge in [-0.15, -0.1) is 22.9 Å². The highest BCUT2D eigenvalue weighted by Gasteiger charge is 2.22. The molecule has 0 radical (unpaired) electrons. The number of rotatable bonds is 3. The van der Waals surface area contributed by atoms with E-state index < -0.39 is 0 Å². The molecule has 0 bridgehead atoms. The molecule has 110 valence electrons. The van der Waals surface area contributed by atoms with Gasteiger partial charge in [0, 0.05) is 11.1 Å². The molecule has 3 aromatic heterocycles. The number of hydrogen-bond acceptors (Lipinski definition) is 3. The minimum Gasteiger partial charge on any atom is -0.303 e. The normalized spacial score (nSPS) is 14.5. The van der Waals surface area contributed by atoms with Gasteiger partial charge in [-0.3, -0.25) is 0 Å². The second kappa shape index (κ2) is 5.76. The molecular formula is C14H12Cl3N3S. The maximum Gasteiger partial charge on any atom is 0.160 e. The maximum atomic E-state index is 6.29. The smallest absolute Gasteiger partial charge is 0.160 e. The average Bonchev–Trinajstić information content (AvgIpc) is 3.01. The maximum absolute atomic E-state index is 6.29. The number of fused-ring (bicyclic) bond motifs is 1. The monoisotopic (exact) mass is 359 g/mol. The summed E-state index contributed by atoms with van der Waals surface area (Å²) in [5, 5.41) is 0.337. The first kappa shape index (κ1) is 15.1. The number of pyridine rings is 1. The largest absolute Gasteiger partial charge is 0.303 e. The van der Waals surface area contributed by atoms with Crippen LogP contribution in [0.3, 0.4) is 0 Å². The lowest BCUT2D eigenvalue weighted by Gasteiger charge is -2.16. The van der Waals surface area contributed by atoms with Crippen LogP contribution in [0.15, 0.2) is 24.4 Å². The van der Waals surface area contributed by atoms with Crippen LogP contribution >= 0.6 is 46.1 Å². The van der Waals surface area contributed by atoms with Crippen LogP contribution in [0.2, 0.25) is 9.36 Å². The molecule has 0 aliphatic rings. The second-order valence-corrected chi connectivity index (χ2v) is 7.61. The van der Waals surface area contributed by atoms with Gasteiger partial charge in [-0.05, 0) is 32.0 Å². The van der Waals surface area contributed by atoms with E-state index in [0.717, 1.165) is 26.2 Å². The molecule has 0 saturated carbocycles. The number of hydrogen-bond donors (Lipinski definition) is 0. The van der Waals surface area contributed by atoms with E-state index in [1.807, 2.05) is 23.6 Å². The van der Waals surface area contributed by atoms with Crippen molar-refractivity contribution in [1.82, 2.24) is 14.5 Å². The predicted octanol–water partition coefficient (Wildman–Crippen LogP) is 5.71. The van der Waals surface area contributed by atoms with Gasteiger partial charge >= 0.3 is 0 Å². The Labute approximate surface area is 141 Å². The first-order valence-electron chi connectivity index (χ1n) is 6.40. The molecule has 0 saturated heterocycles. The van der Waals surface area contributed by atoms with Gasteiger partial charge in [0.2, 0.25) is 0 Å². The molecule has 0 aliphatic heterocycles. The predicted molar refractivity (Wildman–Crippen MR) is 89.9 cm³/mol. The molecule has 2 unspecified atom stereocenters. The summed E-state index contributed by atoms with van der Waals surface area (Å²) < 4.78 is 2.81. The quantitative estimate of drug-likeness (QED) is 0.560. The number of aromatic nitrogens is 3. The van der Waals surface area contributed by atoms with Gasteiger partial charge in [0.25, 0.3) is 0 Å². The van der Waals surface area contributed by atoms with Crippen molar-refractivity contribution in [3.8, 4) is 0 Å². The Morgan fingerprint density at radius 2 is 2.00 bits per heavy atom. The Hall–Kier alpha value is -0.810. The molecule has 7 heteroatoms. The topological polar surface area (TPSA) is 30.7 Å². The van der Waals surface area contributed by atoms with E-state index in [1.54, 1.807) is 23.6 Å². The number of imidazole rings is 1. The van der Waals surface area contributed by atoms with Crippen LogP contribution in [-0.2, 0) is 0 Å². The van der Waals surface area contributed by atoms with E-state index in [-0.39, 0.29) is 11.4 Å². The summed E-state index contributed by atoms with van der Waals surface area (Å²) >= 11 is 19.9. The highest BCUT2D eigenvalue weighted by Crippen LogP contribution is 2.34. The molecule has 3 heterocycles. The van der Waals surface area contributed by atoms with Crippen molar-refractivity contribution in [2.75, 3.05) is 0 Å². The third-order valence-electron chi connectivity index (χ3n) is 3.27. The SMILES string of the molecule is CC(Cl)c1nc2cc(Cl)cnc2n1C(C)c1ccc(Cl)s1. The zero-order valence-corrected chi connectivity index (χ0v) is 14.4. The van der Waals surface area contributed by atoms with E-state index in [4.69, 9.17) is 34.8 Å². The fourth-order valence-electron chi connectivity index (χ4n) is 2.32. The molecule has 0 amide bonds. The minimum absolute atomic E-state index is 0.0531. The van der Waals surface area contributed by atoms with Crippen LogP contribution in [0.4, 0.5) is 0 Å². The summed E-state index contributed by atoms with van der Waals surface area (Å²) in [4.78, 5) is 10.1. The van der Waals surface area contributed by atoms with Gasteiger partial charge in [0.15, 0.2) is 5.65 Å². The Balaban J connectivity index is 2.21. The number of nitrogens with zero attached hydrogens (tertiary/aromatic N) is 3. The van der Waals surface area contributed by atoms with E-state index in [1.165, 1.54) is 0 Å². The highest BCUT2D eigenvalue weighted by atomic mass is 35.5. The number of halogens is 3. The lowest BCUT2D eigenvalue weighted by atomic mass is 10.2. The molecule has 0 aromatic carbocycles. The lowest BCUT2D eigenvalue weighted by Crippen LogP contribution is -2.10. The molecule has 0 fully saturated rings. The lowest BCUT2D eigenvalue weighted by molar-refractivity contribution is 0.623. The van der Waals surface area contributed by atoms with E-state index in [2.05, 4.69) is 16.9 Å². The third-order valence-corrected chi connectivity index (χ3v) is 5.08. The summed E-state index contributed by atoms with van der Waals surface area (Å²) in [6, 6.07) is 5.77. The Kier molecular flexibility index (Phi) is 4.14. The Bertz CT molecular complexity index is 794. The molecule has 0 spiro atoms. The van der Waals surface area contributed by atoms with Gasteiger partial charge in [-0.1, -0.05) is 23.2 Å². The molecule has 21 heavy (non-hydrogen) atoms. The van der Waals surface area contributed by atoms with Gasteiger partial charge in [-0.25, -0.2) is 9.97 Å². The van der Waals surface area contributed by atoms with Gasteiger partial charge in [0.1, 0.15) is 11.3 Å². The van der Waals surface area contributed by atoms with Crippen LogP contribution < -0.4 is 0 Å². The molecule has 3 nitrogen and oxygen atoms in total. The Morgan fingerprint density at radius 1 is 1.24 bits per heavy atom. The molecular weight excluding hydrogens is 349 g/mol. The zero-order valence-electron chi connectivity index (χ0n) is 11.3. The highest BCUT2D eigenvalue weighted by molar-refractivity contribution is 7.16. The van der Waals surface area contributed by atoms with Crippen LogP contribution in [0.1, 0.15) is 36.0 Å². The summed E-state index contributed by atoms with van der Waals surface area (Å²) in [6.45, 7) is 3.98. The minimum atomic E-state index is -0.226. The van der Waals surface area contributed by atoms with Crippen molar-refractivity contribution in [3.05, 3.63) is 44.5 Å². The van der Waals surface area contributed by atoms with Crippen molar-refractivity contribution < 1.29 is 0 Å². The van der Waals surface area contributed by atoms with Gasteiger partial charge in [0.05, 0.1) is 20.8 Å². The molecule has 3 rings (SSSR count). The van der Waals surface area contributed by atoms with Gasteiger partial charge < -0.3 is 4.57 Å². The van der Waals surface area contributed by atoms with Gasteiger partial charge in [-0.2, -0.15) is 0 Å². The summed E-state index contributed by atoms with van der Waals surface area (Å²) in [6.07, 6.45) is 1.62. The van der Waals surface area contributed by atoms with Crippen LogP contribution in [-0.4, -0.2) is 14.5 Å². The second-order valence-electron chi connectivity index (χ2n) is 4.77. The van der Waals surface area contributed by atoms with Crippen LogP contribution in [0.25, 0.3) is 11.2 Å². The van der Waals surface area contributed by atoms with Crippen molar-refractivity contribution in [1.29, 1.82) is 0 Å². The third kappa shape index (κ3) is 2.78. The zero-order chi connectivity index (χ0) is 15.1. The fraction of sp³-hybridized carbons (Fsp3) is 0.286. The molecule has 0 N–H and O–H groups in total. The molecule has 3 aromatic rings. The van der Waals surface area contributed by atoms with E-state index in [9.17, 15) is 0 Å². The summed E-state index contributed by atoms with van der Waals surface area (Å²) in [5.41, 5.74) is 1.53. The standard InChI is InChI=1S/C14H12Cl3N3S/c1-7(15)13-19-10-5-9(16)6-18-14(10)20(13)8(2)11-3-4-12(17)21-11/h3-8H,1-2H3. The van der Waals surface area contributed by atoms with Crippen molar-refractivity contribution in [2.24, 2.45) is 0 Å². The van der Waals surface area contributed by atoms with Crippen molar-refractivity contribution in [2.45, 2.75) is 25.3 Å². The average molecular weight is 361 g/mol. The van der Waals surface area contributed by atoms with Crippen molar-refractivity contribution >= 4 is 57.3 Å². The van der Waals surface area contributed by atoms with E-state index >= 15 is 0 Å². The first-order valence-corrected chi connectivity index (χ1v) is 8.41. The van der Waals surface area contributed by atoms with Crippen LogP contribution in [0, 0.1) is 0 Å². The molecule has 2 atom stereocenters. The summed E-state index contributed by atoms with van der Waals surface area (Å²) in [5.74, 6) is 0.776. The van der Waals surface area contributed by atoms with E-state index in [0.29, 0.717) is 5.02 Å². The summed E-state index contributed by atoms with van der Waals surface area (Å²) in [7, 11) is 0. The molecule has 0 aliphatic carbocycles. The number of alkyl halides is 1. The van der Waals surface area contributed by atoms with Crippen molar-refractivity contribution in [3.63, 3.8) is 0 Å². The number of thiophene rings is 1. The fourth-order valence-corrected chi connectivity index (χ4v) is 3.73.